The van der Waals surface area contributed by atoms with Crippen molar-refractivity contribution in [1.82, 2.24) is 4.90 Å². The second-order valence-electron chi connectivity index (χ2n) is 7.26. The fourth-order valence-electron chi connectivity index (χ4n) is 3.22. The number of aliphatic hydroxyl groups excluding tert-OH is 1. The fraction of sp³-hybridized carbons (Fsp3) is 0.333. The van der Waals surface area contributed by atoms with E-state index in [0.717, 1.165) is 10.5 Å². The minimum absolute atomic E-state index is 0.0759. The van der Waals surface area contributed by atoms with E-state index in [9.17, 15) is 14.7 Å². The first-order valence-corrected chi connectivity index (χ1v) is 9.00. The minimum Gasteiger partial charge on any atom is -0.507 e. The SMILES string of the molecule is Cc1ccc(C(O)=C2C(=O)C(=O)N(CC[NH+](C)C)[C@H]2c2ccc(C)o2)cc1. The van der Waals surface area contributed by atoms with Crippen LogP contribution in [0.25, 0.3) is 5.76 Å². The van der Waals surface area contributed by atoms with Crippen LogP contribution in [0.2, 0.25) is 0 Å². The van der Waals surface area contributed by atoms with Gasteiger partial charge in [0.15, 0.2) is 0 Å². The van der Waals surface area contributed by atoms with Gasteiger partial charge in [-0.1, -0.05) is 29.8 Å². The number of nitrogens with zero attached hydrogens (tertiary/aromatic N) is 1. The summed E-state index contributed by atoms with van der Waals surface area (Å²) in [5.41, 5.74) is 1.62. The number of likely N-dealkylation sites (N-methyl/N-ethyl adjacent to an activating group) is 1. The lowest BCUT2D eigenvalue weighted by Gasteiger charge is -2.23. The molecule has 6 nitrogen and oxygen atoms in total. The number of amides is 1. The smallest absolute Gasteiger partial charge is 0.295 e. The molecule has 1 aliphatic heterocycles. The Labute approximate surface area is 158 Å². The van der Waals surface area contributed by atoms with Gasteiger partial charge < -0.3 is 19.3 Å². The van der Waals surface area contributed by atoms with Gasteiger partial charge in [0.1, 0.15) is 23.3 Å². The number of carbonyl (C=O) groups excluding carboxylic acids is 2. The molecule has 0 unspecified atom stereocenters. The highest BCUT2D eigenvalue weighted by Gasteiger charge is 2.47. The van der Waals surface area contributed by atoms with Crippen LogP contribution in [0.5, 0.6) is 0 Å². The predicted molar refractivity (Wildman–Crippen MR) is 101 cm³/mol. The number of likely N-dealkylation sites (tertiary alicyclic amines) is 1. The second-order valence-corrected chi connectivity index (χ2v) is 7.26. The summed E-state index contributed by atoms with van der Waals surface area (Å²) in [5, 5.41) is 10.9. The maximum Gasteiger partial charge on any atom is 0.295 e. The number of Topliss-reactive ketones (excluding diaryl/α,β-unsaturated/α-hetero) is 1. The molecule has 3 rings (SSSR count). The molecule has 0 radical (unpaired) electrons. The molecular weight excluding hydrogens is 344 g/mol. The summed E-state index contributed by atoms with van der Waals surface area (Å²) in [7, 11) is 3.96. The van der Waals surface area contributed by atoms with Crippen molar-refractivity contribution in [2.45, 2.75) is 19.9 Å². The number of hydrogen-bond donors (Lipinski definition) is 2. The first-order chi connectivity index (χ1) is 12.8. The Morgan fingerprint density at radius 2 is 1.78 bits per heavy atom. The van der Waals surface area contributed by atoms with Crippen LogP contribution in [0.15, 0.2) is 46.4 Å². The molecule has 0 saturated carbocycles. The van der Waals surface area contributed by atoms with E-state index in [2.05, 4.69) is 0 Å². The molecule has 0 spiro atoms. The zero-order chi connectivity index (χ0) is 19.7. The van der Waals surface area contributed by atoms with Crippen molar-refractivity contribution in [1.29, 1.82) is 0 Å². The lowest BCUT2D eigenvalue weighted by atomic mass is 9.99. The molecule has 2 aromatic rings. The molecule has 142 valence electrons. The standard InChI is InChI=1S/C21H24N2O4/c1-13-5-8-15(9-6-13)19(24)17-18(16-10-7-14(2)27-16)23(12-11-22(3)4)21(26)20(17)25/h5-10,18,24H,11-12H2,1-4H3/p+1/t18-/m0/s1. The lowest BCUT2D eigenvalue weighted by Crippen LogP contribution is -3.06. The van der Waals surface area contributed by atoms with Gasteiger partial charge in [-0.3, -0.25) is 9.59 Å². The van der Waals surface area contributed by atoms with Crippen LogP contribution in [0.4, 0.5) is 0 Å². The van der Waals surface area contributed by atoms with E-state index < -0.39 is 17.7 Å². The van der Waals surface area contributed by atoms with Gasteiger partial charge in [-0.2, -0.15) is 0 Å². The van der Waals surface area contributed by atoms with Gasteiger partial charge in [0.2, 0.25) is 0 Å². The number of furan rings is 1. The van der Waals surface area contributed by atoms with Crippen molar-refractivity contribution >= 4 is 17.4 Å². The van der Waals surface area contributed by atoms with Gasteiger partial charge >= 0.3 is 0 Å². The number of quaternary nitrogens is 1. The van der Waals surface area contributed by atoms with Crippen LogP contribution < -0.4 is 4.90 Å². The van der Waals surface area contributed by atoms with Crippen molar-refractivity contribution in [2.24, 2.45) is 0 Å². The molecule has 27 heavy (non-hydrogen) atoms. The van der Waals surface area contributed by atoms with E-state index in [1.54, 1.807) is 31.2 Å². The number of ketones is 1. The maximum absolute atomic E-state index is 12.8. The zero-order valence-corrected chi connectivity index (χ0v) is 16.1. The zero-order valence-electron chi connectivity index (χ0n) is 16.1. The second kappa shape index (κ2) is 7.40. The van der Waals surface area contributed by atoms with Crippen LogP contribution in [-0.2, 0) is 9.59 Å². The van der Waals surface area contributed by atoms with E-state index in [1.165, 1.54) is 4.90 Å². The van der Waals surface area contributed by atoms with E-state index in [0.29, 0.717) is 30.2 Å². The summed E-state index contributed by atoms with van der Waals surface area (Å²) in [6, 6.07) is 10.0. The molecule has 1 atom stereocenters. The Morgan fingerprint density at radius 3 is 2.33 bits per heavy atom. The number of hydrogen-bond acceptors (Lipinski definition) is 4. The molecule has 2 N–H and O–H groups in total. The van der Waals surface area contributed by atoms with Crippen LogP contribution >= 0.6 is 0 Å². The molecule has 6 heteroatoms. The third-order valence-electron chi connectivity index (χ3n) is 4.75. The third-order valence-corrected chi connectivity index (χ3v) is 4.75. The van der Waals surface area contributed by atoms with E-state index in [1.807, 2.05) is 33.2 Å². The molecule has 1 aliphatic rings. The summed E-state index contributed by atoms with van der Waals surface area (Å²) >= 11 is 0. The Hall–Kier alpha value is -2.86. The number of carbonyl (C=O) groups is 2. The monoisotopic (exact) mass is 369 g/mol. The molecule has 1 fully saturated rings. The Bertz CT molecular complexity index is 893. The van der Waals surface area contributed by atoms with Gasteiger partial charge in [-0.05, 0) is 26.0 Å². The summed E-state index contributed by atoms with van der Waals surface area (Å²) < 4.78 is 5.74. The fourth-order valence-corrected chi connectivity index (χ4v) is 3.22. The van der Waals surface area contributed by atoms with Crippen LogP contribution in [0, 0.1) is 13.8 Å². The Morgan fingerprint density at radius 1 is 1.11 bits per heavy atom. The average Bonchev–Trinajstić information content (AvgIpc) is 3.15. The Kier molecular flexibility index (Phi) is 5.19. The van der Waals surface area contributed by atoms with Crippen molar-refractivity contribution in [2.75, 3.05) is 27.2 Å². The van der Waals surface area contributed by atoms with E-state index in [4.69, 9.17) is 4.42 Å². The quantitative estimate of drug-likeness (QED) is 0.475. The largest absolute Gasteiger partial charge is 0.507 e. The first-order valence-electron chi connectivity index (χ1n) is 9.00. The first kappa shape index (κ1) is 18.9. The molecule has 0 bridgehead atoms. The van der Waals surface area contributed by atoms with Gasteiger partial charge in [-0.25, -0.2) is 0 Å². The number of aliphatic hydroxyl groups is 1. The maximum atomic E-state index is 12.8. The molecule has 1 amide bonds. The van der Waals surface area contributed by atoms with Crippen LogP contribution in [0.1, 0.15) is 28.7 Å². The number of nitrogens with one attached hydrogen (secondary N) is 1. The predicted octanol–water partition coefficient (Wildman–Crippen LogP) is 1.46. The van der Waals surface area contributed by atoms with Gasteiger partial charge in [0, 0.05) is 5.56 Å². The summed E-state index contributed by atoms with van der Waals surface area (Å²) in [4.78, 5) is 28.1. The van der Waals surface area contributed by atoms with Gasteiger partial charge in [0.25, 0.3) is 11.7 Å². The highest BCUT2D eigenvalue weighted by atomic mass is 16.3. The third kappa shape index (κ3) is 3.66. The van der Waals surface area contributed by atoms with E-state index >= 15 is 0 Å². The summed E-state index contributed by atoms with van der Waals surface area (Å²) in [5.74, 6) is -0.296. The van der Waals surface area contributed by atoms with E-state index in [-0.39, 0.29) is 11.3 Å². The summed E-state index contributed by atoms with van der Waals surface area (Å²) in [6.45, 7) is 4.81. The van der Waals surface area contributed by atoms with Crippen LogP contribution in [0.3, 0.4) is 0 Å². The lowest BCUT2D eigenvalue weighted by molar-refractivity contribution is -0.857. The Balaban J connectivity index is 2.11. The highest BCUT2D eigenvalue weighted by Crippen LogP contribution is 2.39. The molecule has 2 heterocycles. The molecule has 0 aliphatic carbocycles. The number of benzene rings is 1. The van der Waals surface area contributed by atoms with Gasteiger partial charge in [-0.15, -0.1) is 0 Å². The normalized spacial score (nSPS) is 19.3. The topological polar surface area (TPSA) is 75.2 Å². The summed E-state index contributed by atoms with van der Waals surface area (Å²) in [6.07, 6.45) is 0. The number of aryl methyl sites for hydroxylation is 2. The molecule has 1 saturated heterocycles. The van der Waals surface area contributed by atoms with Crippen molar-refractivity contribution in [3.63, 3.8) is 0 Å². The van der Waals surface area contributed by atoms with Crippen LogP contribution in [-0.4, -0.2) is 48.9 Å². The van der Waals surface area contributed by atoms with Gasteiger partial charge in [0.05, 0.1) is 32.8 Å². The molecular formula is C21H25N2O4+. The minimum atomic E-state index is -0.723. The van der Waals surface area contributed by atoms with Crippen molar-refractivity contribution < 1.29 is 24.0 Å². The molecule has 1 aromatic heterocycles. The van der Waals surface area contributed by atoms with Crippen molar-refractivity contribution in [3.8, 4) is 0 Å². The highest BCUT2D eigenvalue weighted by molar-refractivity contribution is 6.46. The average molecular weight is 369 g/mol. The number of rotatable bonds is 5. The molecule has 1 aromatic carbocycles. The van der Waals surface area contributed by atoms with Crippen molar-refractivity contribution in [3.05, 3.63) is 64.6 Å².